The van der Waals surface area contributed by atoms with Crippen molar-refractivity contribution < 1.29 is 27.5 Å². The largest absolute Gasteiger partial charge is 0.493 e. The second kappa shape index (κ2) is 16.7. The zero-order chi connectivity index (χ0) is 34.8. The van der Waals surface area contributed by atoms with Crippen molar-refractivity contribution in [1.29, 1.82) is 0 Å². The van der Waals surface area contributed by atoms with Gasteiger partial charge in [0.1, 0.15) is 12.6 Å². The number of sulfonamides is 1. The predicted molar refractivity (Wildman–Crippen MR) is 189 cm³/mol. The molecule has 2 unspecified atom stereocenters. The molecule has 9 nitrogen and oxygen atoms in total. The fourth-order valence-corrected chi connectivity index (χ4v) is 6.81. The first kappa shape index (κ1) is 36.6. The van der Waals surface area contributed by atoms with Gasteiger partial charge in [-0.05, 0) is 60.9 Å². The van der Waals surface area contributed by atoms with Crippen LogP contribution >= 0.6 is 23.2 Å². The summed E-state index contributed by atoms with van der Waals surface area (Å²) in [6.45, 7) is 3.15. The molecule has 0 aliphatic rings. The number of halogens is 2. The Morgan fingerprint density at radius 2 is 1.46 bits per heavy atom. The Morgan fingerprint density at radius 1 is 0.812 bits per heavy atom. The smallest absolute Gasteiger partial charge is 0.264 e. The average Bonchev–Trinajstić information content (AvgIpc) is 3.10. The number of ether oxygens (including phenoxy) is 2. The van der Waals surface area contributed by atoms with E-state index in [4.69, 9.17) is 32.7 Å². The van der Waals surface area contributed by atoms with Gasteiger partial charge < -0.3 is 19.7 Å². The van der Waals surface area contributed by atoms with Crippen LogP contribution in [0.2, 0.25) is 10.0 Å². The standard InChI is InChI=1S/C36H39Cl2N3O6S/c1-5-25(2)39-36(43)32(21-26-12-8-6-9-13-26)40(23-27-16-18-30(37)31(38)20-27)35(42)24-41(48(44,45)29-14-10-7-11-15-29)28-17-19-33(46-3)34(22-28)47-4/h6-20,22,25,32H,5,21,23-24H2,1-4H3,(H,39,43). The Morgan fingerprint density at radius 3 is 2.06 bits per heavy atom. The van der Waals surface area contributed by atoms with E-state index in [0.29, 0.717) is 22.8 Å². The van der Waals surface area contributed by atoms with Gasteiger partial charge in [-0.2, -0.15) is 0 Å². The summed E-state index contributed by atoms with van der Waals surface area (Å²) in [6.07, 6.45) is 0.852. The van der Waals surface area contributed by atoms with Gasteiger partial charge >= 0.3 is 0 Å². The summed E-state index contributed by atoms with van der Waals surface area (Å²) in [5.74, 6) is -0.324. The average molecular weight is 713 g/mol. The Labute approximate surface area is 292 Å². The van der Waals surface area contributed by atoms with Crippen LogP contribution in [0.3, 0.4) is 0 Å². The number of rotatable bonds is 15. The van der Waals surface area contributed by atoms with E-state index in [1.165, 1.54) is 43.4 Å². The lowest BCUT2D eigenvalue weighted by molar-refractivity contribution is -0.140. The van der Waals surface area contributed by atoms with Crippen LogP contribution in [0.25, 0.3) is 0 Å². The van der Waals surface area contributed by atoms with E-state index in [2.05, 4.69) is 5.32 Å². The van der Waals surface area contributed by atoms with Gasteiger partial charge in [0.2, 0.25) is 11.8 Å². The zero-order valence-electron chi connectivity index (χ0n) is 27.2. The van der Waals surface area contributed by atoms with E-state index >= 15 is 0 Å². The van der Waals surface area contributed by atoms with E-state index in [0.717, 1.165) is 9.87 Å². The molecule has 1 N–H and O–H groups in total. The monoisotopic (exact) mass is 711 g/mol. The molecule has 4 aromatic rings. The van der Waals surface area contributed by atoms with Crippen LogP contribution in [0.5, 0.6) is 11.5 Å². The van der Waals surface area contributed by atoms with Crippen molar-refractivity contribution in [3.63, 3.8) is 0 Å². The van der Waals surface area contributed by atoms with E-state index in [1.54, 1.807) is 42.5 Å². The zero-order valence-corrected chi connectivity index (χ0v) is 29.6. The van der Waals surface area contributed by atoms with Gasteiger partial charge in [0.25, 0.3) is 10.0 Å². The highest BCUT2D eigenvalue weighted by Crippen LogP contribution is 2.34. The molecule has 0 aliphatic heterocycles. The fraction of sp³-hybridized carbons (Fsp3) is 0.278. The number of hydrogen-bond donors (Lipinski definition) is 1. The predicted octanol–water partition coefficient (Wildman–Crippen LogP) is 6.76. The molecule has 0 saturated heterocycles. The maximum absolute atomic E-state index is 14.7. The molecule has 0 radical (unpaired) electrons. The maximum atomic E-state index is 14.7. The van der Waals surface area contributed by atoms with Gasteiger partial charge in [0.05, 0.1) is 34.8 Å². The molecule has 254 valence electrons. The third-order valence-corrected chi connectivity index (χ3v) is 10.4. The quantitative estimate of drug-likeness (QED) is 0.146. The topological polar surface area (TPSA) is 105 Å². The molecule has 12 heteroatoms. The van der Waals surface area contributed by atoms with Crippen LogP contribution in [0.4, 0.5) is 5.69 Å². The van der Waals surface area contributed by atoms with Gasteiger partial charge in [-0.3, -0.25) is 13.9 Å². The van der Waals surface area contributed by atoms with Gasteiger partial charge in [0, 0.05) is 25.1 Å². The Hall–Kier alpha value is -4.25. The van der Waals surface area contributed by atoms with Crippen LogP contribution in [-0.4, -0.2) is 58.0 Å². The van der Waals surface area contributed by atoms with Crippen molar-refractivity contribution in [2.24, 2.45) is 0 Å². The van der Waals surface area contributed by atoms with Gasteiger partial charge in [-0.25, -0.2) is 8.42 Å². The first-order valence-corrected chi connectivity index (χ1v) is 17.6. The molecule has 48 heavy (non-hydrogen) atoms. The molecule has 2 atom stereocenters. The minimum atomic E-state index is -4.29. The number of methoxy groups -OCH3 is 2. The second-order valence-corrected chi connectivity index (χ2v) is 13.8. The molecule has 0 heterocycles. The van der Waals surface area contributed by atoms with Crippen LogP contribution in [0.1, 0.15) is 31.4 Å². The Kier molecular flexibility index (Phi) is 12.7. The van der Waals surface area contributed by atoms with Crippen molar-refractivity contribution >= 4 is 50.7 Å². The lowest BCUT2D eigenvalue weighted by Gasteiger charge is -2.34. The second-order valence-electron chi connectivity index (χ2n) is 11.2. The number of nitrogens with zero attached hydrogens (tertiary/aromatic N) is 2. The molecule has 0 aromatic heterocycles. The Bertz CT molecular complexity index is 1810. The normalized spacial score (nSPS) is 12.5. The van der Waals surface area contributed by atoms with E-state index in [-0.39, 0.29) is 46.3 Å². The summed E-state index contributed by atoms with van der Waals surface area (Å²) in [6, 6.07) is 25.5. The summed E-state index contributed by atoms with van der Waals surface area (Å²) in [7, 11) is -1.38. The number of anilines is 1. The molecule has 0 spiro atoms. The number of hydrogen-bond acceptors (Lipinski definition) is 6. The number of carbonyl (C=O) groups is 2. The van der Waals surface area contributed by atoms with Crippen LogP contribution in [0.15, 0.2) is 102 Å². The molecule has 0 fully saturated rings. The minimum absolute atomic E-state index is 0.0148. The number of benzene rings is 4. The maximum Gasteiger partial charge on any atom is 0.264 e. The minimum Gasteiger partial charge on any atom is -0.493 e. The van der Waals surface area contributed by atoms with Crippen molar-refractivity contribution in [3.05, 3.63) is 118 Å². The van der Waals surface area contributed by atoms with Gasteiger partial charge in [-0.15, -0.1) is 0 Å². The summed E-state index contributed by atoms with van der Waals surface area (Å²) < 4.78 is 40.3. The van der Waals surface area contributed by atoms with Crippen molar-refractivity contribution in [3.8, 4) is 11.5 Å². The highest BCUT2D eigenvalue weighted by atomic mass is 35.5. The molecule has 4 rings (SSSR count). The van der Waals surface area contributed by atoms with Gasteiger partial charge in [-0.1, -0.05) is 84.7 Å². The third kappa shape index (κ3) is 9.00. The summed E-state index contributed by atoms with van der Waals surface area (Å²) in [4.78, 5) is 30.0. The van der Waals surface area contributed by atoms with E-state index < -0.39 is 28.5 Å². The fourth-order valence-electron chi connectivity index (χ4n) is 5.06. The third-order valence-electron chi connectivity index (χ3n) is 7.87. The van der Waals surface area contributed by atoms with E-state index in [1.807, 2.05) is 44.2 Å². The molecule has 0 bridgehead atoms. The molecule has 2 amide bonds. The van der Waals surface area contributed by atoms with Crippen molar-refractivity contribution in [1.82, 2.24) is 10.2 Å². The van der Waals surface area contributed by atoms with Crippen LogP contribution < -0.4 is 19.1 Å². The lowest BCUT2D eigenvalue weighted by Crippen LogP contribution is -2.54. The number of carbonyl (C=O) groups excluding carboxylic acids is 2. The summed E-state index contributed by atoms with van der Waals surface area (Å²) in [5, 5.41) is 3.63. The summed E-state index contributed by atoms with van der Waals surface area (Å²) >= 11 is 12.6. The van der Waals surface area contributed by atoms with Gasteiger partial charge in [0.15, 0.2) is 11.5 Å². The SMILES string of the molecule is CCC(C)NC(=O)C(Cc1ccccc1)N(Cc1ccc(Cl)c(Cl)c1)C(=O)CN(c1ccc(OC)c(OC)c1)S(=O)(=O)c1ccccc1. The first-order chi connectivity index (χ1) is 23.0. The molecular weight excluding hydrogens is 673 g/mol. The number of nitrogens with one attached hydrogen (secondary N) is 1. The first-order valence-electron chi connectivity index (χ1n) is 15.4. The highest BCUT2D eigenvalue weighted by Gasteiger charge is 2.35. The van der Waals surface area contributed by atoms with Crippen molar-refractivity contribution in [2.75, 3.05) is 25.1 Å². The van der Waals surface area contributed by atoms with E-state index in [9.17, 15) is 18.0 Å². The number of amides is 2. The molecule has 4 aromatic carbocycles. The molecule has 0 aliphatic carbocycles. The molecular formula is C36H39Cl2N3O6S. The van der Waals surface area contributed by atoms with Crippen LogP contribution in [-0.2, 0) is 32.6 Å². The summed E-state index contributed by atoms with van der Waals surface area (Å²) in [5.41, 5.74) is 1.60. The van der Waals surface area contributed by atoms with Crippen molar-refractivity contribution in [2.45, 2.75) is 50.2 Å². The Balaban J connectivity index is 1.85. The van der Waals surface area contributed by atoms with Crippen LogP contribution in [0, 0.1) is 0 Å². The lowest BCUT2D eigenvalue weighted by atomic mass is 10.0. The molecule has 0 saturated carbocycles. The highest BCUT2D eigenvalue weighted by molar-refractivity contribution is 7.92.